The van der Waals surface area contributed by atoms with Crippen LogP contribution < -0.4 is 0 Å². The number of carboxylic acid groups (broad SMARTS) is 1. The van der Waals surface area contributed by atoms with Crippen LogP contribution >= 0.6 is 11.8 Å². The topological polar surface area (TPSA) is 114 Å². The molecule has 2 aliphatic carbocycles. The van der Waals surface area contributed by atoms with E-state index in [9.17, 15) is 20.3 Å². The Labute approximate surface area is 170 Å². The Balaban J connectivity index is 1.61. The molecule has 1 heterocycles. The molecule has 0 saturated heterocycles. The third-order valence-corrected chi connectivity index (χ3v) is 7.51. The minimum Gasteiger partial charge on any atom is -0.481 e. The Morgan fingerprint density at radius 1 is 1.39 bits per heavy atom. The zero-order valence-electron chi connectivity index (χ0n) is 16.2. The summed E-state index contributed by atoms with van der Waals surface area (Å²) in [5.74, 6) is -0.0975. The SMILES string of the molecule is N#CC12CC(O)C(C=CC(O)C3CCCCC3)C1CC(SCCCC(=O)O)=N2. The van der Waals surface area contributed by atoms with Gasteiger partial charge in [-0.25, -0.2) is 0 Å². The molecule has 2 fully saturated rings. The van der Waals surface area contributed by atoms with Crippen molar-refractivity contribution in [2.45, 2.75) is 75.5 Å². The normalized spacial score (nSPS) is 34.2. The van der Waals surface area contributed by atoms with Crippen molar-refractivity contribution in [2.75, 3.05) is 5.75 Å². The molecule has 2 saturated carbocycles. The highest BCUT2D eigenvalue weighted by Crippen LogP contribution is 2.50. The second-order valence-corrected chi connectivity index (χ2v) is 9.49. The fourth-order valence-electron chi connectivity index (χ4n) is 4.88. The summed E-state index contributed by atoms with van der Waals surface area (Å²) < 4.78 is 0. The zero-order valence-corrected chi connectivity index (χ0v) is 17.0. The first-order valence-electron chi connectivity index (χ1n) is 10.3. The molecule has 3 rings (SSSR count). The third kappa shape index (κ3) is 4.79. The van der Waals surface area contributed by atoms with Gasteiger partial charge in [-0.15, -0.1) is 11.8 Å². The van der Waals surface area contributed by atoms with Crippen molar-refractivity contribution in [1.29, 1.82) is 5.26 Å². The Morgan fingerprint density at radius 3 is 2.82 bits per heavy atom. The summed E-state index contributed by atoms with van der Waals surface area (Å²) in [6.07, 6.45) is 9.96. The number of hydrogen-bond donors (Lipinski definition) is 3. The van der Waals surface area contributed by atoms with Gasteiger partial charge in [-0.2, -0.15) is 5.26 Å². The van der Waals surface area contributed by atoms with Crippen molar-refractivity contribution in [2.24, 2.45) is 22.7 Å². The van der Waals surface area contributed by atoms with Gasteiger partial charge in [0.2, 0.25) is 0 Å². The van der Waals surface area contributed by atoms with Gasteiger partial charge in [0.15, 0.2) is 5.54 Å². The molecule has 0 aromatic carbocycles. The second kappa shape index (κ2) is 9.43. The van der Waals surface area contributed by atoms with Crippen molar-refractivity contribution in [1.82, 2.24) is 0 Å². The zero-order chi connectivity index (χ0) is 20.1. The van der Waals surface area contributed by atoms with Gasteiger partial charge in [-0.05, 0) is 30.9 Å². The van der Waals surface area contributed by atoms with E-state index in [4.69, 9.17) is 5.11 Å². The van der Waals surface area contributed by atoms with Gasteiger partial charge in [-0.1, -0.05) is 31.4 Å². The van der Waals surface area contributed by atoms with Gasteiger partial charge < -0.3 is 15.3 Å². The number of carbonyl (C=O) groups is 1. The second-order valence-electron chi connectivity index (χ2n) is 8.32. The van der Waals surface area contributed by atoms with Crippen molar-refractivity contribution in [3.63, 3.8) is 0 Å². The van der Waals surface area contributed by atoms with Crippen LogP contribution in [0.25, 0.3) is 0 Å². The lowest BCUT2D eigenvalue weighted by molar-refractivity contribution is -0.137. The van der Waals surface area contributed by atoms with Crippen LogP contribution in [0.5, 0.6) is 0 Å². The molecule has 5 atom stereocenters. The van der Waals surface area contributed by atoms with E-state index in [1.165, 1.54) is 18.2 Å². The summed E-state index contributed by atoms with van der Waals surface area (Å²) in [5, 5.41) is 40.5. The fourth-order valence-corrected chi connectivity index (χ4v) is 5.93. The maximum Gasteiger partial charge on any atom is 0.303 e. The maximum atomic E-state index is 10.6. The fraction of sp³-hybridized carbons (Fsp3) is 0.762. The molecule has 0 aromatic heterocycles. The smallest absolute Gasteiger partial charge is 0.303 e. The number of fused-ring (bicyclic) bond motifs is 1. The van der Waals surface area contributed by atoms with Crippen molar-refractivity contribution < 1.29 is 20.1 Å². The van der Waals surface area contributed by atoms with Crippen LogP contribution in [0, 0.1) is 29.1 Å². The molecule has 7 heteroatoms. The number of hydrogen-bond acceptors (Lipinski definition) is 6. The lowest BCUT2D eigenvalue weighted by Gasteiger charge is -2.25. The summed E-state index contributed by atoms with van der Waals surface area (Å²) in [6, 6.07) is 2.34. The summed E-state index contributed by atoms with van der Waals surface area (Å²) in [4.78, 5) is 15.3. The van der Waals surface area contributed by atoms with E-state index in [1.807, 2.05) is 12.2 Å². The van der Waals surface area contributed by atoms with E-state index in [0.29, 0.717) is 30.9 Å². The van der Waals surface area contributed by atoms with Crippen molar-refractivity contribution >= 4 is 22.8 Å². The Kier molecular flexibility index (Phi) is 7.19. The lowest BCUT2D eigenvalue weighted by Crippen LogP contribution is -2.27. The van der Waals surface area contributed by atoms with Gasteiger partial charge in [0.05, 0.1) is 23.3 Å². The highest BCUT2D eigenvalue weighted by atomic mass is 32.2. The van der Waals surface area contributed by atoms with Crippen LogP contribution in [-0.2, 0) is 4.79 Å². The van der Waals surface area contributed by atoms with Crippen molar-refractivity contribution in [3.05, 3.63) is 12.2 Å². The van der Waals surface area contributed by atoms with E-state index < -0.39 is 23.7 Å². The van der Waals surface area contributed by atoms with E-state index >= 15 is 0 Å². The first kappa shape index (κ1) is 21.4. The van der Waals surface area contributed by atoms with E-state index in [2.05, 4.69) is 11.1 Å². The number of nitriles is 1. The average Bonchev–Trinajstić information content (AvgIpc) is 3.16. The average molecular weight is 407 g/mol. The molecule has 3 aliphatic rings. The number of aliphatic imine (C=N–C) groups is 1. The molecule has 0 bridgehead atoms. The highest BCUT2D eigenvalue weighted by molar-refractivity contribution is 8.13. The molecule has 28 heavy (non-hydrogen) atoms. The molecule has 0 amide bonds. The first-order chi connectivity index (χ1) is 13.4. The van der Waals surface area contributed by atoms with E-state index in [0.717, 1.165) is 30.7 Å². The lowest BCUT2D eigenvalue weighted by atomic mass is 9.82. The predicted octanol–water partition coefficient (Wildman–Crippen LogP) is 3.14. The van der Waals surface area contributed by atoms with Crippen LogP contribution in [0.3, 0.4) is 0 Å². The molecule has 0 spiro atoms. The Morgan fingerprint density at radius 2 is 2.14 bits per heavy atom. The predicted molar refractivity (Wildman–Crippen MR) is 109 cm³/mol. The maximum absolute atomic E-state index is 10.6. The molecular formula is C21H30N2O4S. The van der Waals surface area contributed by atoms with E-state index in [-0.39, 0.29) is 18.3 Å². The standard InChI is InChI=1S/C21H30N2O4S/c22-13-21-12-18(25)15(8-9-17(24)14-5-2-1-3-6-14)16(21)11-19(23-21)28-10-4-7-20(26)27/h8-9,14-18,24-25H,1-7,10-12H2,(H,26,27). The van der Waals surface area contributed by atoms with Gasteiger partial charge in [0, 0.05) is 31.1 Å². The van der Waals surface area contributed by atoms with Crippen LogP contribution in [0.1, 0.15) is 57.8 Å². The number of thioether (sulfide) groups is 1. The number of aliphatic carboxylic acids is 1. The highest BCUT2D eigenvalue weighted by Gasteiger charge is 2.56. The molecule has 3 N–H and O–H groups in total. The minimum atomic E-state index is -0.890. The molecule has 6 nitrogen and oxygen atoms in total. The summed E-state index contributed by atoms with van der Waals surface area (Å²) in [5.41, 5.74) is -0.890. The molecule has 5 unspecified atom stereocenters. The number of aliphatic hydroxyl groups excluding tert-OH is 2. The van der Waals surface area contributed by atoms with Crippen LogP contribution in [0.15, 0.2) is 17.1 Å². The van der Waals surface area contributed by atoms with E-state index in [1.54, 1.807) is 0 Å². The molecular weight excluding hydrogens is 376 g/mol. The number of rotatable bonds is 7. The number of aliphatic hydroxyl groups is 2. The molecule has 0 radical (unpaired) electrons. The monoisotopic (exact) mass is 406 g/mol. The largest absolute Gasteiger partial charge is 0.481 e. The van der Waals surface area contributed by atoms with Gasteiger partial charge in [0.25, 0.3) is 0 Å². The number of nitrogens with zero attached hydrogens (tertiary/aromatic N) is 2. The van der Waals surface area contributed by atoms with Crippen molar-refractivity contribution in [3.8, 4) is 6.07 Å². The van der Waals surface area contributed by atoms with Gasteiger partial charge in [-0.3, -0.25) is 9.79 Å². The number of carboxylic acids is 1. The summed E-state index contributed by atoms with van der Waals surface area (Å²) >= 11 is 1.53. The van der Waals surface area contributed by atoms with Crippen LogP contribution in [-0.4, -0.2) is 49.8 Å². The van der Waals surface area contributed by atoms with Gasteiger partial charge >= 0.3 is 5.97 Å². The minimum absolute atomic E-state index is 0.0794. The molecule has 0 aromatic rings. The molecule has 154 valence electrons. The van der Waals surface area contributed by atoms with Gasteiger partial charge in [0.1, 0.15) is 0 Å². The summed E-state index contributed by atoms with van der Waals surface area (Å²) in [6.45, 7) is 0. The summed E-state index contributed by atoms with van der Waals surface area (Å²) in [7, 11) is 0. The van der Waals surface area contributed by atoms with Crippen LogP contribution in [0.4, 0.5) is 0 Å². The first-order valence-corrected chi connectivity index (χ1v) is 11.3. The molecule has 1 aliphatic heterocycles. The Hall–Kier alpha value is -1.36. The van der Waals surface area contributed by atoms with Crippen LogP contribution in [0.2, 0.25) is 0 Å². The third-order valence-electron chi connectivity index (χ3n) is 6.42. The Bertz CT molecular complexity index is 668. The quantitative estimate of drug-likeness (QED) is 0.442.